The van der Waals surface area contributed by atoms with E-state index >= 15 is 0 Å². The van der Waals surface area contributed by atoms with E-state index in [-0.39, 0.29) is 11.9 Å². The summed E-state index contributed by atoms with van der Waals surface area (Å²) in [6.45, 7) is 5.02. The van der Waals surface area contributed by atoms with Crippen LogP contribution in [-0.2, 0) is 6.54 Å². The maximum atomic E-state index is 12.8. The quantitative estimate of drug-likeness (QED) is 0.929. The minimum atomic E-state index is -0.201. The smallest absolute Gasteiger partial charge is 0.255 e. The van der Waals surface area contributed by atoms with Gasteiger partial charge in [0.1, 0.15) is 17.9 Å². The van der Waals surface area contributed by atoms with Crippen LogP contribution in [0, 0.1) is 6.92 Å². The Morgan fingerprint density at radius 1 is 1.44 bits per heavy atom. The molecule has 0 aromatic carbocycles. The van der Waals surface area contributed by atoms with E-state index in [1.165, 1.54) is 0 Å². The van der Waals surface area contributed by atoms with Gasteiger partial charge in [0, 0.05) is 12.7 Å². The predicted molar refractivity (Wildman–Crippen MR) is 94.3 cm³/mol. The number of aryl methyl sites for hydroxylation is 1. The van der Waals surface area contributed by atoms with Crippen LogP contribution in [0.25, 0.3) is 0 Å². The van der Waals surface area contributed by atoms with Gasteiger partial charge in [-0.15, -0.1) is 0 Å². The summed E-state index contributed by atoms with van der Waals surface area (Å²) < 4.78 is 5.71. The van der Waals surface area contributed by atoms with E-state index in [9.17, 15) is 4.79 Å². The van der Waals surface area contributed by atoms with Crippen molar-refractivity contribution >= 4 is 24.0 Å². The second kappa shape index (κ2) is 6.16. The number of hydrogen-bond acceptors (Lipinski definition) is 6. The normalized spacial score (nSPS) is 17.9. The van der Waals surface area contributed by atoms with Gasteiger partial charge in [-0.1, -0.05) is 13.0 Å². The fourth-order valence-corrected chi connectivity index (χ4v) is 3.12. The zero-order chi connectivity index (χ0) is 17.4. The zero-order valence-corrected chi connectivity index (χ0v) is 14.2. The molecule has 2 aromatic heterocycles. The lowest BCUT2D eigenvalue weighted by Crippen LogP contribution is -2.32. The topological polar surface area (TPSA) is 83.1 Å². The first-order valence-electron chi connectivity index (χ1n) is 8.38. The highest BCUT2D eigenvalue weighted by Crippen LogP contribution is 2.35. The molecule has 0 spiro atoms. The molecule has 2 aliphatic heterocycles. The number of carbonyl (C=O) groups excluding carboxylic acids is 1. The van der Waals surface area contributed by atoms with E-state index in [4.69, 9.17) is 9.41 Å². The van der Waals surface area contributed by atoms with E-state index in [0.717, 1.165) is 24.5 Å². The number of carbonyl (C=O) groups is 1. The lowest BCUT2D eigenvalue weighted by atomic mass is 10.1. The molecule has 2 aliphatic rings. The van der Waals surface area contributed by atoms with Gasteiger partial charge in [0.05, 0.1) is 29.4 Å². The van der Waals surface area contributed by atoms with Crippen LogP contribution >= 0.6 is 0 Å². The highest BCUT2D eigenvalue weighted by Gasteiger charge is 2.35. The van der Waals surface area contributed by atoms with Crippen LogP contribution in [-0.4, -0.2) is 40.6 Å². The van der Waals surface area contributed by atoms with Gasteiger partial charge < -0.3 is 14.6 Å². The van der Waals surface area contributed by atoms with Crippen molar-refractivity contribution in [2.75, 3.05) is 6.54 Å². The van der Waals surface area contributed by atoms with Gasteiger partial charge in [0.2, 0.25) is 5.88 Å². The van der Waals surface area contributed by atoms with E-state index in [0.29, 0.717) is 29.3 Å². The van der Waals surface area contributed by atoms with Crippen LogP contribution in [0.3, 0.4) is 0 Å². The molecule has 1 N–H and O–H groups in total. The number of nitrogens with zero attached hydrogens (tertiary/aromatic N) is 4. The monoisotopic (exact) mass is 337 g/mol. The number of aliphatic imine (C=N–C) groups is 2. The second-order valence-corrected chi connectivity index (χ2v) is 6.13. The predicted octanol–water partition coefficient (Wildman–Crippen LogP) is 2.43. The minimum Gasteiger partial charge on any atom is -0.442 e. The maximum absolute atomic E-state index is 12.8. The number of rotatable bonds is 4. The van der Waals surface area contributed by atoms with Crippen molar-refractivity contribution < 1.29 is 9.21 Å². The van der Waals surface area contributed by atoms with Crippen LogP contribution in [0.1, 0.15) is 40.7 Å². The molecule has 7 nitrogen and oxygen atoms in total. The highest BCUT2D eigenvalue weighted by molar-refractivity contribution is 6.17. The van der Waals surface area contributed by atoms with E-state index in [1.54, 1.807) is 19.5 Å². The maximum Gasteiger partial charge on any atom is 0.255 e. The average Bonchev–Trinajstić information content (AvgIpc) is 3.20. The number of aromatic nitrogens is 1. The number of hydrogen-bond donors (Lipinski definition) is 1. The molecule has 1 amide bonds. The molecule has 1 unspecified atom stereocenters. The fraction of sp³-hybridized carbons (Fsp3) is 0.333. The number of furan rings is 1. The zero-order valence-electron chi connectivity index (χ0n) is 14.2. The molecule has 128 valence electrons. The van der Waals surface area contributed by atoms with Crippen molar-refractivity contribution in [3.8, 4) is 0 Å². The van der Waals surface area contributed by atoms with Crippen molar-refractivity contribution in [3.63, 3.8) is 0 Å². The number of fused-ring (bicyclic) bond motifs is 3. The Kier molecular flexibility index (Phi) is 3.83. The van der Waals surface area contributed by atoms with Crippen LogP contribution < -0.4 is 5.32 Å². The van der Waals surface area contributed by atoms with Crippen LogP contribution in [0.15, 0.2) is 38.8 Å². The molecule has 0 aliphatic carbocycles. The van der Waals surface area contributed by atoms with Crippen molar-refractivity contribution in [2.45, 2.75) is 32.9 Å². The summed E-state index contributed by atoms with van der Waals surface area (Å²) in [4.78, 5) is 28.1. The van der Waals surface area contributed by atoms with Crippen molar-refractivity contribution in [1.29, 1.82) is 0 Å². The minimum absolute atomic E-state index is 0.201. The number of pyridine rings is 1. The summed E-state index contributed by atoms with van der Waals surface area (Å²) in [6, 6.07) is 5.82. The first kappa shape index (κ1) is 15.6. The summed E-state index contributed by atoms with van der Waals surface area (Å²) in [5.74, 6) is 1.57. The third kappa shape index (κ3) is 2.71. The summed E-state index contributed by atoms with van der Waals surface area (Å²) in [5.41, 5.74) is 1.99. The second-order valence-electron chi connectivity index (χ2n) is 6.13. The Balaban J connectivity index is 1.64. The average molecular weight is 337 g/mol. The molecule has 7 heteroatoms. The summed E-state index contributed by atoms with van der Waals surface area (Å²) >= 11 is 0. The van der Waals surface area contributed by atoms with E-state index in [1.807, 2.05) is 23.1 Å². The molecule has 0 fully saturated rings. The summed E-state index contributed by atoms with van der Waals surface area (Å²) in [7, 11) is 0. The molecular formula is C18H19N5O2. The van der Waals surface area contributed by atoms with Gasteiger partial charge in [0.15, 0.2) is 0 Å². The van der Waals surface area contributed by atoms with Gasteiger partial charge in [-0.05, 0) is 25.5 Å². The van der Waals surface area contributed by atoms with Crippen molar-refractivity contribution in [2.24, 2.45) is 9.98 Å². The van der Waals surface area contributed by atoms with Gasteiger partial charge in [-0.25, -0.2) is 4.99 Å². The molecule has 2 aromatic rings. The van der Waals surface area contributed by atoms with Crippen LogP contribution in [0.5, 0.6) is 0 Å². The number of nitrogens with one attached hydrogen (secondary N) is 1. The molecule has 0 radical (unpaired) electrons. The molecule has 1 atom stereocenters. The largest absolute Gasteiger partial charge is 0.442 e. The third-order valence-electron chi connectivity index (χ3n) is 4.44. The van der Waals surface area contributed by atoms with Crippen LogP contribution in [0.2, 0.25) is 0 Å². The van der Waals surface area contributed by atoms with Crippen molar-refractivity contribution in [1.82, 2.24) is 15.2 Å². The Bertz CT molecular complexity index is 869. The van der Waals surface area contributed by atoms with Gasteiger partial charge >= 0.3 is 0 Å². The first-order valence-corrected chi connectivity index (χ1v) is 8.38. The molecule has 25 heavy (non-hydrogen) atoms. The Labute approximate surface area is 145 Å². The highest BCUT2D eigenvalue weighted by atomic mass is 16.4. The molecule has 0 bridgehead atoms. The molecular weight excluding hydrogens is 318 g/mol. The Morgan fingerprint density at radius 3 is 3.08 bits per heavy atom. The van der Waals surface area contributed by atoms with E-state index < -0.39 is 0 Å². The van der Waals surface area contributed by atoms with Crippen LogP contribution in [0.4, 0.5) is 5.88 Å². The first-order chi connectivity index (χ1) is 12.2. The van der Waals surface area contributed by atoms with Crippen molar-refractivity contribution in [3.05, 3.63) is 47.0 Å². The lowest BCUT2D eigenvalue weighted by Gasteiger charge is -2.18. The summed E-state index contributed by atoms with van der Waals surface area (Å²) in [6.07, 6.45) is 4.38. The lowest BCUT2D eigenvalue weighted by molar-refractivity contribution is 0.0948. The Hall–Kier alpha value is -2.96. The number of amides is 1. The standard InChI is InChI=1S/C18H19N5O2/c1-3-12-9-23-10-21-18-15(16(23)22-12)14(11(2)25-18)17(24)20-8-13-6-4-5-7-19-13/h4-7,10,12H,3,8-9H2,1-2H3,(H,20,24). The SMILES string of the molecule is CCC1CN2C=Nc3oc(C)c(C(=O)NCc4ccccn4)c3C2=N1. The molecule has 0 saturated heterocycles. The Morgan fingerprint density at radius 2 is 2.32 bits per heavy atom. The van der Waals surface area contributed by atoms with E-state index in [2.05, 4.69) is 22.2 Å². The molecule has 0 saturated carbocycles. The summed E-state index contributed by atoms with van der Waals surface area (Å²) in [5, 5.41) is 2.91. The molecule has 4 rings (SSSR count). The van der Waals surface area contributed by atoms with Gasteiger partial charge in [-0.2, -0.15) is 0 Å². The van der Waals surface area contributed by atoms with Gasteiger partial charge in [0.25, 0.3) is 5.91 Å². The van der Waals surface area contributed by atoms with Gasteiger partial charge in [-0.3, -0.25) is 14.8 Å². The fourth-order valence-electron chi connectivity index (χ4n) is 3.12. The number of amidine groups is 1. The molecule has 4 heterocycles. The third-order valence-corrected chi connectivity index (χ3v) is 4.44.